The van der Waals surface area contributed by atoms with E-state index in [4.69, 9.17) is 0 Å². The first-order chi connectivity index (χ1) is 8.69. The maximum absolute atomic E-state index is 3.84. The van der Waals surface area contributed by atoms with E-state index in [-0.39, 0.29) is 0 Å². The van der Waals surface area contributed by atoms with Gasteiger partial charge in [0.1, 0.15) is 0 Å². The van der Waals surface area contributed by atoms with Gasteiger partial charge in [0, 0.05) is 24.2 Å². The Bertz CT molecular complexity index is 316. The molecule has 2 fully saturated rings. The Morgan fingerprint density at radius 3 is 2.32 bits per heavy atom. The zero-order valence-electron chi connectivity index (χ0n) is 14.0. The number of nitrogens with zero attached hydrogens (tertiary/aromatic N) is 1. The summed E-state index contributed by atoms with van der Waals surface area (Å²) < 4.78 is 0. The van der Waals surface area contributed by atoms with Gasteiger partial charge in [-0.1, -0.05) is 27.7 Å². The maximum atomic E-state index is 3.84. The topological polar surface area (TPSA) is 15.3 Å². The summed E-state index contributed by atoms with van der Waals surface area (Å²) in [5.41, 5.74) is 1.16. The minimum Gasteiger partial charge on any atom is -0.308 e. The molecule has 19 heavy (non-hydrogen) atoms. The highest BCUT2D eigenvalue weighted by molar-refractivity contribution is 5.07. The predicted molar refractivity (Wildman–Crippen MR) is 83.5 cm³/mol. The molecule has 1 saturated heterocycles. The highest BCUT2D eigenvalue weighted by Crippen LogP contribution is 2.45. The fourth-order valence-electron chi connectivity index (χ4n) is 3.31. The summed E-state index contributed by atoms with van der Waals surface area (Å²) in [6, 6.07) is 0. The minimum atomic E-state index is 0.312. The fraction of sp³-hybridized carbons (Fsp3) is 1.00. The summed E-state index contributed by atoms with van der Waals surface area (Å²) in [5.74, 6) is 0.932. The zero-order valence-corrected chi connectivity index (χ0v) is 14.0. The molecule has 0 spiro atoms. The molecule has 0 aromatic carbocycles. The average Bonchev–Trinajstić information content (AvgIpc) is 3.14. The van der Waals surface area contributed by atoms with E-state index >= 15 is 0 Å². The molecule has 1 saturated carbocycles. The monoisotopic (exact) mass is 266 g/mol. The summed E-state index contributed by atoms with van der Waals surface area (Å²) in [7, 11) is 0. The van der Waals surface area contributed by atoms with Gasteiger partial charge >= 0.3 is 0 Å². The Hall–Kier alpha value is -0.0800. The van der Waals surface area contributed by atoms with Crippen molar-refractivity contribution in [1.29, 1.82) is 0 Å². The van der Waals surface area contributed by atoms with Gasteiger partial charge in [0.05, 0.1) is 0 Å². The molecule has 112 valence electrons. The normalized spacial score (nSPS) is 37.6. The third-order valence-corrected chi connectivity index (χ3v) is 5.50. The molecule has 1 heterocycles. The van der Waals surface area contributed by atoms with Crippen molar-refractivity contribution >= 4 is 0 Å². The molecule has 0 bridgehead atoms. The lowest BCUT2D eigenvalue weighted by Gasteiger charge is -2.53. The summed E-state index contributed by atoms with van der Waals surface area (Å²) in [6.07, 6.45) is 5.40. The first-order valence-corrected chi connectivity index (χ1v) is 8.19. The van der Waals surface area contributed by atoms with Gasteiger partial charge in [-0.2, -0.15) is 0 Å². The van der Waals surface area contributed by atoms with Crippen molar-refractivity contribution in [3.05, 3.63) is 0 Å². The van der Waals surface area contributed by atoms with E-state index in [1.807, 2.05) is 0 Å². The molecule has 0 amide bonds. The molecule has 2 unspecified atom stereocenters. The van der Waals surface area contributed by atoms with Crippen molar-refractivity contribution in [2.24, 2.45) is 11.3 Å². The lowest BCUT2D eigenvalue weighted by Crippen LogP contribution is -2.69. The van der Waals surface area contributed by atoms with E-state index in [9.17, 15) is 0 Å². The van der Waals surface area contributed by atoms with E-state index < -0.39 is 0 Å². The minimum absolute atomic E-state index is 0.312. The molecule has 2 atom stereocenters. The third kappa shape index (κ3) is 3.52. The Labute approximate surface area is 120 Å². The average molecular weight is 266 g/mol. The van der Waals surface area contributed by atoms with E-state index in [1.165, 1.54) is 45.3 Å². The predicted octanol–water partition coefficient (Wildman–Crippen LogP) is 3.67. The van der Waals surface area contributed by atoms with Gasteiger partial charge in [-0.3, -0.25) is 4.90 Å². The van der Waals surface area contributed by atoms with Gasteiger partial charge < -0.3 is 5.32 Å². The standard InChI is InChI=1S/C17H34N2/c1-7-16(5)13-19(11-10-15(2,3)4)17(6,12-18-16)14-8-9-14/h14,18H,7-13H2,1-6H3. The van der Waals surface area contributed by atoms with Crippen molar-refractivity contribution in [3.63, 3.8) is 0 Å². The van der Waals surface area contributed by atoms with E-state index in [0.29, 0.717) is 16.5 Å². The molecule has 1 aliphatic carbocycles. The van der Waals surface area contributed by atoms with Gasteiger partial charge in [-0.15, -0.1) is 0 Å². The van der Waals surface area contributed by atoms with Crippen LogP contribution in [0.15, 0.2) is 0 Å². The molecular weight excluding hydrogens is 232 g/mol. The maximum Gasteiger partial charge on any atom is 0.0334 e. The zero-order chi connectivity index (χ0) is 14.3. The molecular formula is C17H34N2. The smallest absolute Gasteiger partial charge is 0.0334 e. The molecule has 1 aliphatic heterocycles. The van der Waals surface area contributed by atoms with Gasteiger partial charge in [0.25, 0.3) is 0 Å². The van der Waals surface area contributed by atoms with Crippen LogP contribution in [0.3, 0.4) is 0 Å². The van der Waals surface area contributed by atoms with Crippen molar-refractivity contribution < 1.29 is 0 Å². The molecule has 2 nitrogen and oxygen atoms in total. The van der Waals surface area contributed by atoms with Gasteiger partial charge in [-0.05, 0) is 57.4 Å². The lowest BCUT2D eigenvalue weighted by atomic mass is 9.82. The van der Waals surface area contributed by atoms with Gasteiger partial charge in [0.15, 0.2) is 0 Å². The number of rotatable bonds is 4. The van der Waals surface area contributed by atoms with Crippen LogP contribution in [-0.4, -0.2) is 35.6 Å². The number of nitrogens with one attached hydrogen (secondary N) is 1. The van der Waals surface area contributed by atoms with Crippen molar-refractivity contribution in [2.45, 2.75) is 78.3 Å². The van der Waals surface area contributed by atoms with E-state index in [1.54, 1.807) is 0 Å². The first-order valence-electron chi connectivity index (χ1n) is 8.19. The van der Waals surface area contributed by atoms with Crippen LogP contribution in [-0.2, 0) is 0 Å². The molecule has 0 radical (unpaired) electrons. The van der Waals surface area contributed by atoms with E-state index in [0.717, 1.165) is 5.92 Å². The molecule has 0 aromatic rings. The van der Waals surface area contributed by atoms with Crippen molar-refractivity contribution in [2.75, 3.05) is 19.6 Å². The second-order valence-corrected chi connectivity index (χ2v) is 8.63. The van der Waals surface area contributed by atoms with Crippen molar-refractivity contribution in [3.8, 4) is 0 Å². The van der Waals surface area contributed by atoms with Gasteiger partial charge in [0.2, 0.25) is 0 Å². The summed E-state index contributed by atoms with van der Waals surface area (Å²) in [5, 5.41) is 3.84. The molecule has 2 rings (SSSR count). The summed E-state index contributed by atoms with van der Waals surface area (Å²) >= 11 is 0. The van der Waals surface area contributed by atoms with Crippen molar-refractivity contribution in [1.82, 2.24) is 10.2 Å². The van der Waals surface area contributed by atoms with Gasteiger partial charge in [-0.25, -0.2) is 0 Å². The van der Waals surface area contributed by atoms with Crippen LogP contribution in [0.2, 0.25) is 0 Å². The van der Waals surface area contributed by atoms with Crippen LogP contribution >= 0.6 is 0 Å². The highest BCUT2D eigenvalue weighted by Gasteiger charge is 2.50. The Balaban J connectivity index is 2.07. The second-order valence-electron chi connectivity index (χ2n) is 8.63. The highest BCUT2D eigenvalue weighted by atomic mass is 15.3. The van der Waals surface area contributed by atoms with Crippen LogP contribution in [0.1, 0.15) is 67.2 Å². The molecule has 2 heteroatoms. The SMILES string of the molecule is CCC1(C)CN(CCC(C)(C)C)C(C)(C2CC2)CN1. The van der Waals surface area contributed by atoms with E-state index in [2.05, 4.69) is 51.8 Å². The summed E-state index contributed by atoms with van der Waals surface area (Å²) in [4.78, 5) is 2.82. The molecule has 1 N–H and O–H groups in total. The number of hydrogen-bond acceptors (Lipinski definition) is 2. The molecule has 2 aliphatic rings. The molecule has 0 aromatic heterocycles. The van der Waals surface area contributed by atoms with Crippen LogP contribution < -0.4 is 5.32 Å². The Morgan fingerprint density at radius 2 is 1.84 bits per heavy atom. The quantitative estimate of drug-likeness (QED) is 0.835. The third-order valence-electron chi connectivity index (χ3n) is 5.50. The van der Waals surface area contributed by atoms with Crippen LogP contribution in [0, 0.1) is 11.3 Å². The first kappa shape index (κ1) is 15.3. The summed E-state index contributed by atoms with van der Waals surface area (Å²) in [6.45, 7) is 17.9. The lowest BCUT2D eigenvalue weighted by molar-refractivity contribution is -0.00130. The van der Waals surface area contributed by atoms with Crippen LogP contribution in [0.5, 0.6) is 0 Å². The Kier molecular flexibility index (Phi) is 4.06. The largest absolute Gasteiger partial charge is 0.308 e. The van der Waals surface area contributed by atoms with Crippen LogP contribution in [0.25, 0.3) is 0 Å². The number of hydrogen-bond donors (Lipinski definition) is 1. The van der Waals surface area contributed by atoms with Crippen LogP contribution in [0.4, 0.5) is 0 Å². The second kappa shape index (κ2) is 5.04. The number of piperazine rings is 1. The Morgan fingerprint density at radius 1 is 1.21 bits per heavy atom. The fourth-order valence-corrected chi connectivity index (χ4v) is 3.31.